The average molecular weight is 385 g/mol. The Morgan fingerprint density at radius 1 is 1.11 bits per heavy atom. The summed E-state index contributed by atoms with van der Waals surface area (Å²) in [6.45, 7) is 0.437. The van der Waals surface area contributed by atoms with Gasteiger partial charge in [-0.2, -0.15) is 8.78 Å². The number of hydrogen-bond acceptors (Lipinski definition) is 3. The first-order valence-corrected chi connectivity index (χ1v) is 8.19. The first-order valence-electron chi connectivity index (χ1n) is 8.19. The van der Waals surface area contributed by atoms with E-state index in [1.54, 1.807) is 6.07 Å². The molecule has 2 rings (SSSR count). The molecule has 0 saturated carbocycles. The highest BCUT2D eigenvalue weighted by Crippen LogP contribution is 2.27. The topological polar surface area (TPSA) is 47.6 Å². The minimum absolute atomic E-state index is 0.0490. The van der Waals surface area contributed by atoms with Crippen molar-refractivity contribution in [3.8, 4) is 5.75 Å². The molecule has 0 saturated heterocycles. The number of ether oxygens (including phenoxy) is 2. The molecule has 0 aromatic heterocycles. The van der Waals surface area contributed by atoms with Crippen molar-refractivity contribution in [1.82, 2.24) is 0 Å². The van der Waals surface area contributed by atoms with Crippen LogP contribution in [0.25, 0.3) is 0 Å². The van der Waals surface area contributed by atoms with Gasteiger partial charge in [-0.1, -0.05) is 25.1 Å². The van der Waals surface area contributed by atoms with Crippen molar-refractivity contribution >= 4 is 11.8 Å². The van der Waals surface area contributed by atoms with Crippen LogP contribution in [-0.2, 0) is 17.8 Å². The number of aryl methyl sites for hydroxylation is 2. The molecule has 1 amide bonds. The van der Waals surface area contributed by atoms with Crippen LogP contribution in [0.2, 0.25) is 0 Å². The Labute approximate surface area is 154 Å². The van der Waals surface area contributed by atoms with Crippen LogP contribution < -0.4 is 10.1 Å². The lowest BCUT2D eigenvalue weighted by Gasteiger charge is -2.15. The van der Waals surface area contributed by atoms with Gasteiger partial charge in [-0.25, -0.2) is 13.6 Å². The molecule has 0 fully saturated rings. The fourth-order valence-corrected chi connectivity index (χ4v) is 2.46. The van der Waals surface area contributed by atoms with Crippen LogP contribution in [-0.4, -0.2) is 12.7 Å². The second-order valence-corrected chi connectivity index (χ2v) is 5.75. The van der Waals surface area contributed by atoms with Gasteiger partial charge in [0.1, 0.15) is 12.4 Å². The SMILES string of the molecule is CCc1ccc(OCc2cc(C(F)F)ccc2NC(=O)OC(F)F)c(C)c1. The van der Waals surface area contributed by atoms with Crippen molar-refractivity contribution < 1.29 is 31.8 Å². The molecule has 2 aromatic rings. The van der Waals surface area contributed by atoms with E-state index in [2.05, 4.69) is 10.1 Å². The first-order chi connectivity index (χ1) is 12.8. The maximum Gasteiger partial charge on any atom is 0.416 e. The number of amides is 1. The predicted molar refractivity (Wildman–Crippen MR) is 92.4 cm³/mol. The van der Waals surface area contributed by atoms with Gasteiger partial charge in [0, 0.05) is 11.1 Å². The number of halogens is 4. The quantitative estimate of drug-likeness (QED) is 0.609. The van der Waals surface area contributed by atoms with Crippen molar-refractivity contribution in [2.24, 2.45) is 0 Å². The van der Waals surface area contributed by atoms with E-state index in [4.69, 9.17) is 4.74 Å². The second kappa shape index (κ2) is 9.25. The zero-order valence-electron chi connectivity index (χ0n) is 14.8. The molecule has 2 aromatic carbocycles. The van der Waals surface area contributed by atoms with E-state index < -0.39 is 19.1 Å². The highest BCUT2D eigenvalue weighted by atomic mass is 19.3. The zero-order chi connectivity index (χ0) is 20.0. The molecule has 4 nitrogen and oxygen atoms in total. The van der Waals surface area contributed by atoms with E-state index in [0.29, 0.717) is 5.75 Å². The van der Waals surface area contributed by atoms with E-state index in [1.807, 2.05) is 26.0 Å². The summed E-state index contributed by atoms with van der Waals surface area (Å²) in [6, 6.07) is 9.04. The highest BCUT2D eigenvalue weighted by molar-refractivity contribution is 5.85. The van der Waals surface area contributed by atoms with Crippen LogP contribution in [0.15, 0.2) is 36.4 Å². The first kappa shape index (κ1) is 20.5. The zero-order valence-corrected chi connectivity index (χ0v) is 14.8. The molecule has 0 atom stereocenters. The summed E-state index contributed by atoms with van der Waals surface area (Å²) in [7, 11) is 0. The van der Waals surface area contributed by atoms with Crippen LogP contribution in [0.1, 0.15) is 35.6 Å². The van der Waals surface area contributed by atoms with Crippen molar-refractivity contribution in [3.05, 3.63) is 58.7 Å². The third-order valence-corrected chi connectivity index (χ3v) is 3.84. The number of anilines is 1. The maximum absolute atomic E-state index is 13.0. The molecular formula is C19H19F4NO3. The Hall–Kier alpha value is -2.77. The van der Waals surface area contributed by atoms with Crippen molar-refractivity contribution in [2.75, 3.05) is 5.32 Å². The van der Waals surface area contributed by atoms with Gasteiger partial charge < -0.3 is 9.47 Å². The second-order valence-electron chi connectivity index (χ2n) is 5.75. The Kier molecular flexibility index (Phi) is 7.04. The summed E-state index contributed by atoms with van der Waals surface area (Å²) in [5.41, 5.74) is 1.97. The van der Waals surface area contributed by atoms with Gasteiger partial charge in [0.2, 0.25) is 0 Å². The van der Waals surface area contributed by atoms with E-state index in [9.17, 15) is 22.4 Å². The molecule has 0 radical (unpaired) electrons. The molecule has 0 spiro atoms. The minimum Gasteiger partial charge on any atom is -0.489 e. The molecule has 0 heterocycles. The van der Waals surface area contributed by atoms with Gasteiger partial charge in [0.15, 0.2) is 0 Å². The van der Waals surface area contributed by atoms with Gasteiger partial charge in [-0.15, -0.1) is 0 Å². The molecule has 1 N–H and O–H groups in total. The van der Waals surface area contributed by atoms with Crippen molar-refractivity contribution in [1.29, 1.82) is 0 Å². The Bertz CT molecular complexity index is 797. The molecule has 146 valence electrons. The molecule has 0 aliphatic rings. The molecule has 0 aliphatic heterocycles. The van der Waals surface area contributed by atoms with Crippen LogP contribution >= 0.6 is 0 Å². The van der Waals surface area contributed by atoms with Gasteiger partial charge >= 0.3 is 12.7 Å². The lowest BCUT2D eigenvalue weighted by Crippen LogP contribution is -2.18. The summed E-state index contributed by atoms with van der Waals surface area (Å²) in [5, 5.41) is 2.11. The van der Waals surface area contributed by atoms with E-state index in [0.717, 1.165) is 29.7 Å². The number of carbonyl (C=O) groups excluding carboxylic acids is 1. The summed E-state index contributed by atoms with van der Waals surface area (Å²) in [5.74, 6) is 0.552. The molecule has 8 heteroatoms. The lowest BCUT2D eigenvalue weighted by molar-refractivity contribution is -0.0766. The lowest BCUT2D eigenvalue weighted by atomic mass is 10.1. The fraction of sp³-hybridized carbons (Fsp3) is 0.316. The number of rotatable bonds is 7. The number of benzene rings is 2. The normalized spacial score (nSPS) is 11.0. The summed E-state index contributed by atoms with van der Waals surface area (Å²) in [4.78, 5) is 11.4. The Balaban J connectivity index is 2.21. The number of carbonyl (C=O) groups is 1. The van der Waals surface area contributed by atoms with Crippen LogP contribution in [0.4, 0.5) is 28.0 Å². The average Bonchev–Trinajstić information content (AvgIpc) is 2.60. The predicted octanol–water partition coefficient (Wildman–Crippen LogP) is 5.85. The van der Waals surface area contributed by atoms with Gasteiger partial charge in [0.05, 0.1) is 5.69 Å². The summed E-state index contributed by atoms with van der Waals surface area (Å²) >= 11 is 0. The largest absolute Gasteiger partial charge is 0.489 e. The Morgan fingerprint density at radius 3 is 2.44 bits per heavy atom. The molecule has 27 heavy (non-hydrogen) atoms. The van der Waals surface area contributed by atoms with Crippen LogP contribution in [0.5, 0.6) is 5.75 Å². The van der Waals surface area contributed by atoms with Gasteiger partial charge in [-0.05, 0) is 42.7 Å². The Morgan fingerprint density at radius 2 is 1.85 bits per heavy atom. The van der Waals surface area contributed by atoms with Crippen LogP contribution in [0.3, 0.4) is 0 Å². The molecule has 0 bridgehead atoms. The monoisotopic (exact) mass is 385 g/mol. The van der Waals surface area contributed by atoms with E-state index in [-0.39, 0.29) is 23.4 Å². The van der Waals surface area contributed by atoms with Crippen molar-refractivity contribution in [2.45, 2.75) is 39.9 Å². The maximum atomic E-state index is 13.0. The number of alkyl halides is 4. The number of nitrogens with one attached hydrogen (secondary N) is 1. The summed E-state index contributed by atoms with van der Waals surface area (Å²) < 4.78 is 59.6. The smallest absolute Gasteiger partial charge is 0.416 e. The van der Waals surface area contributed by atoms with Gasteiger partial charge in [0.25, 0.3) is 6.43 Å². The standard InChI is InChI=1S/C19H19F4NO3/c1-3-12-4-7-16(11(2)8-12)26-10-14-9-13(17(20)21)5-6-15(14)24-19(25)27-18(22)23/h4-9,17-18H,3,10H2,1-2H3,(H,24,25). The molecule has 0 aliphatic carbocycles. The third kappa shape index (κ3) is 5.87. The third-order valence-electron chi connectivity index (χ3n) is 3.84. The summed E-state index contributed by atoms with van der Waals surface area (Å²) in [6.07, 6.45) is -3.26. The van der Waals surface area contributed by atoms with Crippen LogP contribution in [0, 0.1) is 6.92 Å². The fourth-order valence-electron chi connectivity index (χ4n) is 2.46. The van der Waals surface area contributed by atoms with E-state index >= 15 is 0 Å². The van der Waals surface area contributed by atoms with E-state index in [1.165, 1.54) is 6.07 Å². The molecular weight excluding hydrogens is 366 g/mol. The van der Waals surface area contributed by atoms with Crippen molar-refractivity contribution in [3.63, 3.8) is 0 Å². The molecule has 0 unspecified atom stereocenters. The highest BCUT2D eigenvalue weighted by Gasteiger charge is 2.16. The minimum atomic E-state index is -3.29. The van der Waals surface area contributed by atoms with Gasteiger partial charge in [-0.3, -0.25) is 5.32 Å². The number of hydrogen-bond donors (Lipinski definition) is 1.